The summed E-state index contributed by atoms with van der Waals surface area (Å²) in [4.78, 5) is 28.4. The predicted octanol–water partition coefficient (Wildman–Crippen LogP) is 0.948. The van der Waals surface area contributed by atoms with Gasteiger partial charge >= 0.3 is 0 Å². The zero-order valence-electron chi connectivity index (χ0n) is 15.9. The van der Waals surface area contributed by atoms with E-state index in [2.05, 4.69) is 0 Å². The number of halogens is 3. The van der Waals surface area contributed by atoms with Crippen LogP contribution in [0.15, 0.2) is 12.1 Å². The van der Waals surface area contributed by atoms with Gasteiger partial charge in [0, 0.05) is 44.1 Å². The molecule has 0 bridgehead atoms. The number of rotatable bonds is 5. The van der Waals surface area contributed by atoms with E-state index in [4.69, 9.17) is 5.73 Å². The summed E-state index contributed by atoms with van der Waals surface area (Å²) < 4.78 is 40.2. The summed E-state index contributed by atoms with van der Waals surface area (Å²) in [6, 6.07) is 0.389. The SMILES string of the molecule is NC(CC(=O)N1CCC2CN(C(=O)C3(O)CC3)CC21)Cc1cc(F)c(F)cc1F. The van der Waals surface area contributed by atoms with E-state index in [1.54, 1.807) is 9.80 Å². The van der Waals surface area contributed by atoms with Crippen LogP contribution in [0.5, 0.6) is 0 Å². The second-order valence-electron chi connectivity index (χ2n) is 8.47. The van der Waals surface area contributed by atoms with E-state index in [-0.39, 0.29) is 42.2 Å². The van der Waals surface area contributed by atoms with Crippen molar-refractivity contribution in [3.8, 4) is 0 Å². The maximum absolute atomic E-state index is 13.8. The van der Waals surface area contributed by atoms with Gasteiger partial charge in [0.1, 0.15) is 11.4 Å². The Kier molecular flexibility index (Phi) is 5.06. The van der Waals surface area contributed by atoms with Gasteiger partial charge in [-0.3, -0.25) is 9.59 Å². The van der Waals surface area contributed by atoms with Crippen LogP contribution in [0.4, 0.5) is 13.2 Å². The van der Waals surface area contributed by atoms with Gasteiger partial charge in [-0.05, 0) is 37.3 Å². The smallest absolute Gasteiger partial charge is 0.254 e. The predicted molar refractivity (Wildman–Crippen MR) is 97.0 cm³/mol. The molecule has 2 heterocycles. The third kappa shape index (κ3) is 3.85. The molecule has 3 atom stereocenters. The number of carbonyl (C=O) groups is 2. The first-order valence-electron chi connectivity index (χ1n) is 9.88. The van der Waals surface area contributed by atoms with Gasteiger partial charge in [-0.2, -0.15) is 0 Å². The first-order chi connectivity index (χ1) is 13.7. The molecule has 1 aromatic carbocycles. The Morgan fingerprint density at radius 3 is 2.55 bits per heavy atom. The lowest BCUT2D eigenvalue weighted by molar-refractivity contribution is -0.142. The van der Waals surface area contributed by atoms with Gasteiger partial charge in [0.2, 0.25) is 5.91 Å². The number of hydrogen-bond acceptors (Lipinski definition) is 4. The Hall–Kier alpha value is -2.13. The van der Waals surface area contributed by atoms with Crippen molar-refractivity contribution in [1.29, 1.82) is 0 Å². The topological polar surface area (TPSA) is 86.9 Å². The lowest BCUT2D eigenvalue weighted by atomic mass is 10.0. The minimum atomic E-state index is -1.27. The van der Waals surface area contributed by atoms with Crippen LogP contribution in [-0.4, -0.2) is 64.0 Å². The summed E-state index contributed by atoms with van der Waals surface area (Å²) in [5, 5.41) is 10.0. The Morgan fingerprint density at radius 2 is 1.86 bits per heavy atom. The summed E-state index contributed by atoms with van der Waals surface area (Å²) in [5.74, 6) is -3.61. The summed E-state index contributed by atoms with van der Waals surface area (Å²) in [7, 11) is 0. The first-order valence-corrected chi connectivity index (χ1v) is 9.88. The quantitative estimate of drug-likeness (QED) is 0.707. The van der Waals surface area contributed by atoms with Gasteiger partial charge in [-0.25, -0.2) is 13.2 Å². The minimum Gasteiger partial charge on any atom is -0.380 e. The second-order valence-corrected chi connectivity index (χ2v) is 8.47. The number of nitrogens with zero attached hydrogens (tertiary/aromatic N) is 2. The zero-order valence-corrected chi connectivity index (χ0v) is 15.9. The molecule has 1 aliphatic carbocycles. The van der Waals surface area contributed by atoms with Crippen LogP contribution in [0.2, 0.25) is 0 Å². The van der Waals surface area contributed by atoms with Crippen LogP contribution >= 0.6 is 0 Å². The van der Waals surface area contributed by atoms with Crippen LogP contribution in [0.25, 0.3) is 0 Å². The number of likely N-dealkylation sites (tertiary alicyclic amines) is 2. The molecule has 3 fully saturated rings. The molecule has 0 radical (unpaired) electrons. The molecule has 9 heteroatoms. The monoisotopic (exact) mass is 411 g/mol. The molecule has 1 saturated carbocycles. The van der Waals surface area contributed by atoms with Crippen molar-refractivity contribution in [3.05, 3.63) is 35.1 Å². The normalized spacial score (nSPS) is 25.8. The van der Waals surface area contributed by atoms with E-state index in [1.165, 1.54) is 0 Å². The van der Waals surface area contributed by atoms with E-state index in [1.807, 2.05) is 0 Å². The van der Waals surface area contributed by atoms with Crippen LogP contribution in [0.1, 0.15) is 31.2 Å². The maximum Gasteiger partial charge on any atom is 0.254 e. The van der Waals surface area contributed by atoms with Crippen molar-refractivity contribution in [2.75, 3.05) is 19.6 Å². The number of amides is 2. The highest BCUT2D eigenvalue weighted by atomic mass is 19.2. The van der Waals surface area contributed by atoms with Crippen molar-refractivity contribution >= 4 is 11.8 Å². The molecule has 2 saturated heterocycles. The third-order valence-electron chi connectivity index (χ3n) is 6.29. The highest BCUT2D eigenvalue weighted by molar-refractivity contribution is 5.88. The number of carbonyl (C=O) groups excluding carboxylic acids is 2. The first kappa shape index (κ1) is 20.2. The largest absolute Gasteiger partial charge is 0.380 e. The summed E-state index contributed by atoms with van der Waals surface area (Å²) in [5.41, 5.74) is 4.69. The van der Waals surface area contributed by atoms with Crippen molar-refractivity contribution in [2.24, 2.45) is 11.7 Å². The standard InChI is InChI=1S/C20H24F3N3O3/c21-14-8-16(23)15(22)6-12(14)5-13(24)7-18(27)26-4-1-11-9-25(10-17(11)26)19(28)20(29)2-3-20/h6,8,11,13,17,29H,1-5,7,9-10,24H2. The van der Waals surface area contributed by atoms with Gasteiger partial charge < -0.3 is 20.6 Å². The maximum atomic E-state index is 13.8. The van der Waals surface area contributed by atoms with E-state index in [0.717, 1.165) is 12.5 Å². The van der Waals surface area contributed by atoms with Gasteiger partial charge in [-0.15, -0.1) is 0 Å². The van der Waals surface area contributed by atoms with Gasteiger partial charge in [0.05, 0.1) is 6.04 Å². The van der Waals surface area contributed by atoms with Crippen LogP contribution < -0.4 is 5.73 Å². The second kappa shape index (κ2) is 7.28. The molecule has 0 spiro atoms. The Labute approximate surface area is 166 Å². The van der Waals surface area contributed by atoms with Crippen molar-refractivity contribution in [1.82, 2.24) is 9.80 Å². The molecule has 2 aliphatic heterocycles. The lowest BCUT2D eigenvalue weighted by Crippen LogP contribution is -2.45. The van der Waals surface area contributed by atoms with E-state index in [0.29, 0.717) is 38.5 Å². The third-order valence-corrected chi connectivity index (χ3v) is 6.29. The summed E-state index contributed by atoms with van der Waals surface area (Å²) in [6.45, 7) is 1.49. The average molecular weight is 411 g/mol. The number of benzene rings is 1. The summed E-state index contributed by atoms with van der Waals surface area (Å²) >= 11 is 0. The molecule has 2 amide bonds. The Morgan fingerprint density at radius 1 is 1.17 bits per heavy atom. The van der Waals surface area contributed by atoms with Gasteiger partial charge in [-0.1, -0.05) is 0 Å². The van der Waals surface area contributed by atoms with Crippen LogP contribution in [0, 0.1) is 23.4 Å². The number of aliphatic hydroxyl groups is 1. The van der Waals surface area contributed by atoms with E-state index < -0.39 is 29.1 Å². The fraction of sp³-hybridized carbons (Fsp3) is 0.600. The van der Waals surface area contributed by atoms with Crippen molar-refractivity contribution in [2.45, 2.75) is 49.8 Å². The molecule has 1 aromatic rings. The van der Waals surface area contributed by atoms with Crippen LogP contribution in [-0.2, 0) is 16.0 Å². The van der Waals surface area contributed by atoms with Crippen molar-refractivity contribution in [3.63, 3.8) is 0 Å². The Balaban J connectivity index is 1.35. The van der Waals surface area contributed by atoms with E-state index >= 15 is 0 Å². The Bertz CT molecular complexity index is 846. The van der Waals surface area contributed by atoms with Gasteiger partial charge in [0.25, 0.3) is 5.91 Å². The fourth-order valence-corrected chi connectivity index (χ4v) is 4.48. The summed E-state index contributed by atoms with van der Waals surface area (Å²) in [6.07, 6.45) is 1.59. The molecule has 158 valence electrons. The average Bonchev–Trinajstić information content (AvgIpc) is 3.09. The lowest BCUT2D eigenvalue weighted by Gasteiger charge is -2.27. The number of nitrogens with two attached hydrogens (primary N) is 1. The molecule has 0 aromatic heterocycles. The molecule has 29 heavy (non-hydrogen) atoms. The molecule has 3 unspecified atom stereocenters. The minimum absolute atomic E-state index is 0.0560. The number of hydrogen-bond donors (Lipinski definition) is 2. The molecule has 6 nitrogen and oxygen atoms in total. The highest BCUT2D eigenvalue weighted by Gasteiger charge is 2.54. The van der Waals surface area contributed by atoms with Crippen molar-refractivity contribution < 1.29 is 27.9 Å². The highest BCUT2D eigenvalue weighted by Crippen LogP contribution is 2.40. The molecule has 3 aliphatic rings. The molecular formula is C20H24F3N3O3. The molecular weight excluding hydrogens is 387 g/mol. The molecule has 3 N–H and O–H groups in total. The van der Waals surface area contributed by atoms with E-state index in [9.17, 15) is 27.9 Å². The van der Waals surface area contributed by atoms with Gasteiger partial charge in [0.15, 0.2) is 11.6 Å². The fourth-order valence-electron chi connectivity index (χ4n) is 4.48. The zero-order chi connectivity index (χ0) is 20.9. The molecule has 4 rings (SSSR count). The van der Waals surface area contributed by atoms with Crippen LogP contribution in [0.3, 0.4) is 0 Å². The number of fused-ring (bicyclic) bond motifs is 1.